The van der Waals surface area contributed by atoms with Gasteiger partial charge in [-0.3, -0.25) is 4.79 Å². The van der Waals surface area contributed by atoms with Gasteiger partial charge in [0.05, 0.1) is 6.54 Å². The van der Waals surface area contributed by atoms with E-state index < -0.39 is 5.97 Å². The highest BCUT2D eigenvalue weighted by Crippen LogP contribution is 1.88. The summed E-state index contributed by atoms with van der Waals surface area (Å²) >= 11 is 0. The number of carbonyl (C=O) groups excluding carboxylic acids is 1. The second-order valence-electron chi connectivity index (χ2n) is 2.89. The minimum Gasteiger partial charge on any atom is -0.478 e. The molecule has 0 unspecified atom stereocenters. The first kappa shape index (κ1) is 12.6. The van der Waals surface area contributed by atoms with Crippen molar-refractivity contribution in [3.05, 3.63) is 11.6 Å². The summed E-state index contributed by atoms with van der Waals surface area (Å²) in [4.78, 5) is 21.2. The van der Waals surface area contributed by atoms with E-state index in [9.17, 15) is 9.59 Å². The SMILES string of the molecule is CCNC(=O)CNCC(C)=CC(=O)O. The number of carboxylic acids is 1. The molecule has 0 aliphatic carbocycles. The first-order valence-electron chi connectivity index (χ1n) is 4.43. The molecular formula is C9H16N2O3. The number of hydrogen-bond acceptors (Lipinski definition) is 3. The van der Waals surface area contributed by atoms with Gasteiger partial charge in [0.2, 0.25) is 5.91 Å². The monoisotopic (exact) mass is 200 g/mol. The highest BCUT2D eigenvalue weighted by molar-refractivity contribution is 5.80. The zero-order valence-corrected chi connectivity index (χ0v) is 8.46. The van der Waals surface area contributed by atoms with Crippen LogP contribution in [-0.2, 0) is 9.59 Å². The van der Waals surface area contributed by atoms with Crippen molar-refractivity contribution in [3.8, 4) is 0 Å². The Morgan fingerprint density at radius 3 is 2.50 bits per heavy atom. The molecule has 5 nitrogen and oxygen atoms in total. The van der Waals surface area contributed by atoms with Crippen LogP contribution < -0.4 is 10.6 Å². The third kappa shape index (κ3) is 7.30. The lowest BCUT2D eigenvalue weighted by atomic mass is 10.3. The van der Waals surface area contributed by atoms with Crippen molar-refractivity contribution in [2.75, 3.05) is 19.6 Å². The molecule has 0 rings (SSSR count). The van der Waals surface area contributed by atoms with Crippen molar-refractivity contribution >= 4 is 11.9 Å². The minimum absolute atomic E-state index is 0.0874. The first-order chi connectivity index (χ1) is 6.56. The Hall–Kier alpha value is -1.36. The van der Waals surface area contributed by atoms with Crippen LogP contribution in [0.1, 0.15) is 13.8 Å². The van der Waals surface area contributed by atoms with Crippen molar-refractivity contribution in [1.82, 2.24) is 10.6 Å². The van der Waals surface area contributed by atoms with E-state index in [1.807, 2.05) is 6.92 Å². The van der Waals surface area contributed by atoms with E-state index in [4.69, 9.17) is 5.11 Å². The molecule has 0 aliphatic heterocycles. The zero-order valence-electron chi connectivity index (χ0n) is 8.46. The largest absolute Gasteiger partial charge is 0.478 e. The number of carboxylic acid groups (broad SMARTS) is 1. The second-order valence-corrected chi connectivity index (χ2v) is 2.89. The average Bonchev–Trinajstić information content (AvgIpc) is 2.02. The highest BCUT2D eigenvalue weighted by atomic mass is 16.4. The van der Waals surface area contributed by atoms with Crippen LogP contribution in [0.2, 0.25) is 0 Å². The zero-order chi connectivity index (χ0) is 11.0. The summed E-state index contributed by atoms with van der Waals surface area (Å²) in [5.41, 5.74) is 0.682. The molecule has 0 atom stereocenters. The molecule has 0 bridgehead atoms. The van der Waals surface area contributed by atoms with Gasteiger partial charge < -0.3 is 15.7 Å². The van der Waals surface area contributed by atoms with Crippen LogP contribution in [0.5, 0.6) is 0 Å². The van der Waals surface area contributed by atoms with Crippen molar-refractivity contribution in [1.29, 1.82) is 0 Å². The number of hydrogen-bond donors (Lipinski definition) is 3. The number of amides is 1. The Kier molecular flexibility index (Phi) is 6.39. The Labute approximate surface area is 83.2 Å². The van der Waals surface area contributed by atoms with Crippen LogP contribution >= 0.6 is 0 Å². The standard InChI is InChI=1S/C9H16N2O3/c1-3-11-8(12)6-10-5-7(2)4-9(13)14/h4,10H,3,5-6H2,1-2H3,(H,11,12)(H,13,14). The quantitative estimate of drug-likeness (QED) is 0.516. The molecule has 0 aromatic rings. The van der Waals surface area contributed by atoms with Crippen molar-refractivity contribution in [2.24, 2.45) is 0 Å². The number of carbonyl (C=O) groups is 2. The smallest absolute Gasteiger partial charge is 0.328 e. The lowest BCUT2D eigenvalue weighted by molar-refractivity contribution is -0.131. The minimum atomic E-state index is -0.970. The summed E-state index contributed by atoms with van der Waals surface area (Å²) < 4.78 is 0. The number of rotatable bonds is 6. The molecule has 0 spiro atoms. The molecule has 0 radical (unpaired) electrons. The van der Waals surface area contributed by atoms with Crippen LogP contribution in [0.25, 0.3) is 0 Å². The fourth-order valence-corrected chi connectivity index (χ4v) is 0.895. The molecule has 80 valence electrons. The Morgan fingerprint density at radius 2 is 2.00 bits per heavy atom. The second kappa shape index (κ2) is 7.08. The highest BCUT2D eigenvalue weighted by Gasteiger charge is 1.98. The van der Waals surface area contributed by atoms with Gasteiger partial charge in [-0.25, -0.2) is 4.79 Å². The molecule has 3 N–H and O–H groups in total. The summed E-state index contributed by atoms with van der Waals surface area (Å²) in [6.07, 6.45) is 1.12. The molecule has 0 heterocycles. The fraction of sp³-hybridized carbons (Fsp3) is 0.556. The van der Waals surface area contributed by atoms with Gasteiger partial charge in [-0.2, -0.15) is 0 Å². The fourth-order valence-electron chi connectivity index (χ4n) is 0.895. The normalized spacial score (nSPS) is 11.1. The third-order valence-electron chi connectivity index (χ3n) is 1.43. The Bertz CT molecular complexity index is 236. The van der Waals surface area contributed by atoms with Crippen LogP contribution in [-0.4, -0.2) is 36.6 Å². The van der Waals surface area contributed by atoms with Gasteiger partial charge in [0, 0.05) is 19.2 Å². The predicted molar refractivity (Wildman–Crippen MR) is 52.9 cm³/mol. The van der Waals surface area contributed by atoms with Gasteiger partial charge in [-0.05, 0) is 13.8 Å². The number of likely N-dealkylation sites (N-methyl/N-ethyl adjacent to an activating group) is 1. The van der Waals surface area contributed by atoms with Crippen molar-refractivity contribution in [2.45, 2.75) is 13.8 Å². The van der Waals surface area contributed by atoms with E-state index in [0.29, 0.717) is 18.7 Å². The van der Waals surface area contributed by atoms with Gasteiger partial charge in [0.15, 0.2) is 0 Å². The van der Waals surface area contributed by atoms with E-state index in [2.05, 4.69) is 10.6 Å². The maximum atomic E-state index is 10.9. The number of nitrogens with one attached hydrogen (secondary N) is 2. The van der Waals surface area contributed by atoms with E-state index >= 15 is 0 Å². The summed E-state index contributed by atoms with van der Waals surface area (Å²) in [5, 5.41) is 13.8. The maximum absolute atomic E-state index is 10.9. The molecule has 0 aromatic carbocycles. The van der Waals surface area contributed by atoms with Crippen molar-refractivity contribution in [3.63, 3.8) is 0 Å². The molecule has 0 aromatic heterocycles. The topological polar surface area (TPSA) is 78.4 Å². The van der Waals surface area contributed by atoms with E-state index in [1.54, 1.807) is 6.92 Å². The summed E-state index contributed by atoms with van der Waals surface area (Å²) in [5.74, 6) is -1.06. The van der Waals surface area contributed by atoms with Crippen molar-refractivity contribution < 1.29 is 14.7 Å². The Morgan fingerprint density at radius 1 is 1.36 bits per heavy atom. The molecule has 0 aliphatic rings. The van der Waals surface area contributed by atoms with Crippen LogP contribution in [0, 0.1) is 0 Å². The summed E-state index contributed by atoms with van der Waals surface area (Å²) in [6, 6.07) is 0. The van der Waals surface area contributed by atoms with Crippen LogP contribution in [0.3, 0.4) is 0 Å². The van der Waals surface area contributed by atoms with E-state index in [1.165, 1.54) is 0 Å². The molecule has 0 saturated heterocycles. The lowest BCUT2D eigenvalue weighted by Gasteiger charge is -2.04. The van der Waals surface area contributed by atoms with Gasteiger partial charge in [0.25, 0.3) is 0 Å². The van der Waals surface area contributed by atoms with Gasteiger partial charge in [-0.15, -0.1) is 0 Å². The molecule has 0 fully saturated rings. The third-order valence-corrected chi connectivity index (χ3v) is 1.43. The Balaban J connectivity index is 3.64. The molecule has 0 saturated carbocycles. The summed E-state index contributed by atoms with van der Waals surface area (Å²) in [7, 11) is 0. The average molecular weight is 200 g/mol. The molecule has 1 amide bonds. The van der Waals surface area contributed by atoms with Crippen LogP contribution in [0.4, 0.5) is 0 Å². The van der Waals surface area contributed by atoms with E-state index in [0.717, 1.165) is 6.08 Å². The van der Waals surface area contributed by atoms with Gasteiger partial charge in [0.1, 0.15) is 0 Å². The molecular weight excluding hydrogens is 184 g/mol. The maximum Gasteiger partial charge on any atom is 0.328 e. The van der Waals surface area contributed by atoms with E-state index in [-0.39, 0.29) is 12.5 Å². The predicted octanol–water partition coefficient (Wildman–Crippen LogP) is -0.257. The first-order valence-corrected chi connectivity index (χ1v) is 4.43. The van der Waals surface area contributed by atoms with Gasteiger partial charge >= 0.3 is 5.97 Å². The molecule has 5 heteroatoms. The lowest BCUT2D eigenvalue weighted by Crippen LogP contribution is -2.34. The molecule has 14 heavy (non-hydrogen) atoms. The number of aliphatic carboxylic acids is 1. The van der Waals surface area contributed by atoms with Gasteiger partial charge in [-0.1, -0.05) is 5.57 Å². The van der Waals surface area contributed by atoms with Crippen LogP contribution in [0.15, 0.2) is 11.6 Å². The summed E-state index contributed by atoms with van der Waals surface area (Å²) in [6.45, 7) is 4.75.